The molecule has 0 atom stereocenters. The molecule has 2 aliphatic carbocycles. The molecule has 65 heavy (non-hydrogen) atoms. The summed E-state index contributed by atoms with van der Waals surface area (Å²) < 4.78 is 0. The third-order valence-electron chi connectivity index (χ3n) is 16.6. The lowest BCUT2D eigenvalue weighted by molar-refractivity contribution is 0.551. The molecule has 9 aromatic carbocycles. The van der Waals surface area contributed by atoms with Crippen LogP contribution in [0.2, 0.25) is 0 Å². The second kappa shape index (κ2) is 13.6. The van der Waals surface area contributed by atoms with E-state index in [9.17, 15) is 0 Å². The van der Waals surface area contributed by atoms with Crippen LogP contribution in [0.1, 0.15) is 86.8 Å². The van der Waals surface area contributed by atoms with Crippen molar-refractivity contribution < 1.29 is 0 Å². The zero-order valence-electron chi connectivity index (χ0n) is 38.4. The molecule has 9 aromatic rings. The highest BCUT2D eigenvalue weighted by atomic mass is 15.1. The molecule has 0 N–H and O–H groups in total. The molecular formula is C63H54N2. The van der Waals surface area contributed by atoms with Crippen molar-refractivity contribution >= 4 is 44.3 Å². The van der Waals surface area contributed by atoms with Crippen LogP contribution in [-0.4, -0.2) is 14.1 Å². The lowest BCUT2D eigenvalue weighted by Gasteiger charge is -2.42. The average molecular weight is 839 g/mol. The van der Waals surface area contributed by atoms with Crippen molar-refractivity contribution in [3.05, 3.63) is 203 Å². The number of benzene rings is 9. The van der Waals surface area contributed by atoms with Gasteiger partial charge in [0, 0.05) is 53.1 Å². The van der Waals surface area contributed by atoms with E-state index >= 15 is 0 Å². The highest BCUT2D eigenvalue weighted by molar-refractivity contribution is 6.20. The Hall–Kier alpha value is -6.90. The minimum absolute atomic E-state index is 0.00718. The van der Waals surface area contributed by atoms with E-state index in [0.717, 1.165) is 0 Å². The van der Waals surface area contributed by atoms with Gasteiger partial charge in [-0.3, -0.25) is 0 Å². The molecule has 0 aromatic heterocycles. The van der Waals surface area contributed by atoms with Crippen LogP contribution in [0, 0.1) is 0 Å². The summed E-state index contributed by atoms with van der Waals surface area (Å²) in [5.41, 5.74) is 24.0. The van der Waals surface area contributed by atoms with Crippen LogP contribution in [0.15, 0.2) is 170 Å². The summed E-state index contributed by atoms with van der Waals surface area (Å²) >= 11 is 0. The zero-order chi connectivity index (χ0) is 44.0. The summed E-state index contributed by atoms with van der Waals surface area (Å²) in [6.45, 7) is 9.69. The fraction of sp³-hybridized carbons (Fsp3) is 0.206. The standard InChI is InChI=1S/C63H54N2/c1-61(2)51-30-9-11-32-53(51)64(5)55-34-18-26-44(59(55)61)39-21-15-23-42-48(39)38-49-40(45-27-19-35-56-60(45)62(3,4)52-31-10-12-33-54(52)65(56)6)22-16-24-43(49)57(42)47-28-17-25-46-41-20-7-8-29-50(41)63(58(46)47)36-13-14-37-63/h7-12,15-35,38H,13-14,36-37H2,1-6H3. The maximum atomic E-state index is 2.57. The summed E-state index contributed by atoms with van der Waals surface area (Å²) in [6.07, 6.45) is 4.89. The van der Waals surface area contributed by atoms with Gasteiger partial charge in [-0.05, 0) is 143 Å². The number of hydrogen-bond donors (Lipinski definition) is 0. The van der Waals surface area contributed by atoms with Crippen LogP contribution >= 0.6 is 0 Å². The molecule has 2 aliphatic heterocycles. The molecule has 1 saturated carbocycles. The van der Waals surface area contributed by atoms with Gasteiger partial charge in [0.1, 0.15) is 0 Å². The Morgan fingerprint density at radius 1 is 0.338 bits per heavy atom. The van der Waals surface area contributed by atoms with E-state index in [1.807, 2.05) is 0 Å². The summed E-state index contributed by atoms with van der Waals surface area (Å²) in [4.78, 5) is 4.82. The van der Waals surface area contributed by atoms with Crippen molar-refractivity contribution in [2.24, 2.45) is 0 Å². The molecule has 13 rings (SSSR count). The van der Waals surface area contributed by atoms with Crippen molar-refractivity contribution in [3.8, 4) is 44.5 Å². The van der Waals surface area contributed by atoms with Gasteiger partial charge in [-0.1, -0.05) is 180 Å². The van der Waals surface area contributed by atoms with Gasteiger partial charge in [-0.25, -0.2) is 0 Å². The summed E-state index contributed by atoms with van der Waals surface area (Å²) in [5, 5.41) is 5.23. The van der Waals surface area contributed by atoms with Gasteiger partial charge in [0.15, 0.2) is 0 Å². The van der Waals surface area contributed by atoms with Gasteiger partial charge in [-0.2, -0.15) is 0 Å². The molecule has 0 radical (unpaired) electrons. The van der Waals surface area contributed by atoms with Gasteiger partial charge < -0.3 is 9.80 Å². The van der Waals surface area contributed by atoms with Gasteiger partial charge in [-0.15, -0.1) is 0 Å². The van der Waals surface area contributed by atoms with Crippen LogP contribution in [-0.2, 0) is 16.2 Å². The lowest BCUT2D eigenvalue weighted by atomic mass is 9.70. The minimum Gasteiger partial charge on any atom is -0.344 e. The Morgan fingerprint density at radius 3 is 1.26 bits per heavy atom. The van der Waals surface area contributed by atoms with Crippen molar-refractivity contribution in [3.63, 3.8) is 0 Å². The van der Waals surface area contributed by atoms with E-state index in [2.05, 4.69) is 221 Å². The predicted octanol–water partition coefficient (Wildman–Crippen LogP) is 16.6. The van der Waals surface area contributed by atoms with E-state index in [4.69, 9.17) is 0 Å². The van der Waals surface area contributed by atoms with Gasteiger partial charge in [0.2, 0.25) is 0 Å². The Labute approximate surface area is 383 Å². The van der Waals surface area contributed by atoms with Crippen molar-refractivity contribution in [2.45, 2.75) is 69.6 Å². The first-order chi connectivity index (χ1) is 31.6. The SMILES string of the molecule is CN1c2ccccc2C(C)(C)c2c(-c3cccc4c(-c5cccc6c5C5(CCCC5)c5ccccc5-6)c5cccc(-c6cccc7c6C(C)(C)c6ccccc6N7C)c5cc34)cccc21. The number of rotatable bonds is 3. The third-order valence-corrected chi connectivity index (χ3v) is 16.6. The van der Waals surface area contributed by atoms with Crippen LogP contribution in [0.3, 0.4) is 0 Å². The highest BCUT2D eigenvalue weighted by Crippen LogP contribution is 2.61. The molecule has 0 amide bonds. The van der Waals surface area contributed by atoms with Crippen molar-refractivity contribution in [1.29, 1.82) is 0 Å². The summed E-state index contributed by atoms with van der Waals surface area (Å²) in [5.74, 6) is 0. The quantitative estimate of drug-likeness (QED) is 0.164. The first-order valence-electron chi connectivity index (χ1n) is 23.8. The lowest BCUT2D eigenvalue weighted by Crippen LogP contribution is -2.31. The fourth-order valence-corrected chi connectivity index (χ4v) is 13.7. The van der Waals surface area contributed by atoms with E-state index in [1.165, 1.54) is 148 Å². The molecule has 0 bridgehead atoms. The monoisotopic (exact) mass is 838 g/mol. The largest absolute Gasteiger partial charge is 0.344 e. The number of para-hydroxylation sites is 2. The first kappa shape index (κ1) is 38.5. The van der Waals surface area contributed by atoms with Gasteiger partial charge in [0.05, 0.1) is 0 Å². The fourth-order valence-electron chi connectivity index (χ4n) is 13.7. The Kier molecular flexibility index (Phi) is 8.04. The molecule has 2 heteroatoms. The Bertz CT molecular complexity index is 3320. The van der Waals surface area contributed by atoms with Crippen molar-refractivity contribution in [2.75, 3.05) is 23.9 Å². The number of anilines is 4. The topological polar surface area (TPSA) is 6.48 Å². The normalized spacial score (nSPS) is 16.8. The minimum atomic E-state index is -0.222. The Morgan fingerprint density at radius 2 is 0.723 bits per heavy atom. The van der Waals surface area contributed by atoms with Crippen molar-refractivity contribution in [1.82, 2.24) is 0 Å². The number of fused-ring (bicyclic) bond motifs is 11. The van der Waals surface area contributed by atoms with Crippen LogP contribution in [0.4, 0.5) is 22.7 Å². The molecule has 0 saturated heterocycles. The van der Waals surface area contributed by atoms with Crippen LogP contribution < -0.4 is 9.80 Å². The average Bonchev–Trinajstić information content (AvgIpc) is 3.94. The van der Waals surface area contributed by atoms with E-state index in [1.54, 1.807) is 0 Å². The first-order valence-corrected chi connectivity index (χ1v) is 23.8. The maximum absolute atomic E-state index is 2.57. The van der Waals surface area contributed by atoms with Gasteiger partial charge >= 0.3 is 0 Å². The molecule has 2 nitrogen and oxygen atoms in total. The zero-order valence-corrected chi connectivity index (χ0v) is 38.4. The third kappa shape index (κ3) is 5.06. The van der Waals surface area contributed by atoms with Crippen LogP contribution in [0.25, 0.3) is 66.1 Å². The highest BCUT2D eigenvalue weighted by Gasteiger charge is 2.47. The maximum Gasteiger partial charge on any atom is 0.0455 e. The number of hydrogen-bond acceptors (Lipinski definition) is 2. The summed E-state index contributed by atoms with van der Waals surface area (Å²) in [6, 6.07) is 65.4. The molecule has 4 aliphatic rings. The van der Waals surface area contributed by atoms with E-state index < -0.39 is 0 Å². The molecule has 316 valence electrons. The second-order valence-electron chi connectivity index (χ2n) is 20.4. The van der Waals surface area contributed by atoms with Gasteiger partial charge in [0.25, 0.3) is 0 Å². The molecule has 1 spiro atoms. The smallest absolute Gasteiger partial charge is 0.0455 e. The Balaban J connectivity index is 1.16. The summed E-state index contributed by atoms with van der Waals surface area (Å²) in [7, 11) is 4.48. The van der Waals surface area contributed by atoms with Crippen LogP contribution in [0.5, 0.6) is 0 Å². The predicted molar refractivity (Wildman–Crippen MR) is 276 cm³/mol. The second-order valence-corrected chi connectivity index (χ2v) is 20.4. The molecule has 1 fully saturated rings. The van der Waals surface area contributed by atoms with E-state index in [-0.39, 0.29) is 16.2 Å². The molecule has 2 heterocycles. The molecular weight excluding hydrogens is 785 g/mol. The molecule has 0 unspecified atom stereocenters. The number of nitrogens with zero attached hydrogens (tertiary/aromatic N) is 2. The van der Waals surface area contributed by atoms with E-state index in [0.29, 0.717) is 0 Å².